The van der Waals surface area contributed by atoms with Gasteiger partial charge >= 0.3 is 54.4 Å². The van der Waals surface area contributed by atoms with E-state index in [2.05, 4.69) is 20.3 Å². The first kappa shape index (κ1) is 58.3. The molecule has 4 heterocycles. The quantitative estimate of drug-likeness (QED) is 0.114. The van der Waals surface area contributed by atoms with Gasteiger partial charge in [-0.2, -0.15) is 94.5 Å². The van der Waals surface area contributed by atoms with Gasteiger partial charge in [0.25, 0.3) is 5.91 Å². The predicted molar refractivity (Wildman–Crippen MR) is 222 cm³/mol. The van der Waals surface area contributed by atoms with Crippen LogP contribution in [0.15, 0.2) is 73.3 Å². The first-order valence-corrected chi connectivity index (χ1v) is 21.1. The van der Waals surface area contributed by atoms with Crippen LogP contribution in [0, 0.1) is 11.3 Å². The number of esters is 1. The van der Waals surface area contributed by atoms with E-state index in [1.54, 1.807) is 0 Å². The lowest BCUT2D eigenvalue weighted by molar-refractivity contribution is -0.351. The highest BCUT2D eigenvalue weighted by molar-refractivity contribution is 6.34. The maximum atomic E-state index is 14.7. The van der Waals surface area contributed by atoms with Crippen molar-refractivity contribution in [1.82, 2.24) is 34.0 Å². The molecule has 6 aromatic rings. The normalized spacial score (nSPS) is 14.5. The van der Waals surface area contributed by atoms with Gasteiger partial charge in [-0.05, 0) is 60.4 Å². The molecule has 0 radical (unpaired) electrons. The van der Waals surface area contributed by atoms with Crippen molar-refractivity contribution in [2.24, 2.45) is 14.1 Å². The molecule has 1 N–H and O–H groups in total. The number of hydrogen-bond donors (Lipinski definition) is 1. The summed E-state index contributed by atoms with van der Waals surface area (Å²) in [6.07, 6.45) is -33.3. The number of carbonyl (C=O) groups is 2. The molecule has 0 spiro atoms. The van der Waals surface area contributed by atoms with E-state index in [-0.39, 0.29) is 52.6 Å². The number of halogens is 22. The number of alkyl halides is 20. The van der Waals surface area contributed by atoms with Crippen LogP contribution in [0.1, 0.15) is 56.1 Å². The molecule has 0 unspecified atom stereocenters. The fourth-order valence-corrected chi connectivity index (χ4v) is 7.82. The van der Waals surface area contributed by atoms with Crippen LogP contribution in [0.5, 0.6) is 0 Å². The Balaban J connectivity index is 0.000000248. The van der Waals surface area contributed by atoms with Crippen molar-refractivity contribution in [3.05, 3.63) is 117 Å². The van der Waals surface area contributed by atoms with Gasteiger partial charge in [0.05, 0.1) is 58.1 Å². The van der Waals surface area contributed by atoms with E-state index >= 15 is 0 Å². The summed E-state index contributed by atoms with van der Waals surface area (Å²) in [6, 6.07) is 8.33. The van der Waals surface area contributed by atoms with E-state index in [4.69, 9.17) is 28.5 Å². The molecule has 0 bridgehead atoms. The average molecular weight is 1150 g/mol. The highest BCUT2D eigenvalue weighted by Crippen LogP contribution is 2.56. The summed E-state index contributed by atoms with van der Waals surface area (Å²) in [5.41, 5.74) is -22.1. The number of nitrogens with zero attached hydrogens (tertiary/aromatic N) is 7. The molecule has 1 saturated carbocycles. The number of amides is 1. The Bertz CT molecular complexity index is 3230. The fraction of sp³-hybridized carbons (Fsp3) is 0.326. The van der Waals surface area contributed by atoms with Crippen molar-refractivity contribution in [2.45, 2.75) is 66.8 Å². The molecule has 76 heavy (non-hydrogen) atoms. The lowest BCUT2D eigenvalue weighted by Gasteiger charge is -2.30. The molecule has 0 aliphatic heterocycles. The smallest absolute Gasteiger partial charge is 0.437 e. The number of benzene rings is 2. The van der Waals surface area contributed by atoms with Gasteiger partial charge in [-0.3, -0.25) is 4.79 Å². The number of rotatable bonds is 9. The summed E-state index contributed by atoms with van der Waals surface area (Å²) in [5, 5.41) is 18.8. The van der Waals surface area contributed by atoms with Gasteiger partial charge in [-0.25, -0.2) is 22.9 Å². The minimum atomic E-state index is -6.66. The third-order valence-corrected chi connectivity index (χ3v) is 12.1. The number of ether oxygens (including phenoxy) is 1. The molecular formula is C43H26Cl2F20N8O3. The molecule has 1 fully saturated rings. The average Bonchev–Trinajstić information content (AvgIpc) is 3.71. The van der Waals surface area contributed by atoms with Crippen molar-refractivity contribution in [3.63, 3.8) is 0 Å². The van der Waals surface area contributed by atoms with Crippen molar-refractivity contribution >= 4 is 35.1 Å². The van der Waals surface area contributed by atoms with Crippen LogP contribution >= 0.6 is 23.2 Å². The Morgan fingerprint density at radius 1 is 0.592 bits per heavy atom. The molecule has 1 aliphatic rings. The zero-order valence-electron chi connectivity index (χ0n) is 37.5. The Kier molecular flexibility index (Phi) is 14.8. The van der Waals surface area contributed by atoms with Crippen LogP contribution in [0.25, 0.3) is 33.9 Å². The third-order valence-electron chi connectivity index (χ3n) is 11.4. The van der Waals surface area contributed by atoms with Crippen molar-refractivity contribution < 1.29 is 102 Å². The van der Waals surface area contributed by atoms with E-state index in [1.807, 2.05) is 6.07 Å². The van der Waals surface area contributed by atoms with Gasteiger partial charge in [0.1, 0.15) is 28.3 Å². The van der Waals surface area contributed by atoms with Gasteiger partial charge in [-0.15, -0.1) is 0 Å². The molecule has 1 aliphatic carbocycles. The molecular weight excluding hydrogens is 1130 g/mol. The molecule has 0 atom stereocenters. The number of nitrogens with one attached hydrogen (secondary N) is 1. The van der Waals surface area contributed by atoms with E-state index in [1.165, 1.54) is 36.4 Å². The highest BCUT2D eigenvalue weighted by atomic mass is 35.5. The lowest BCUT2D eigenvalue weighted by Crippen LogP contribution is -2.51. The number of nitriles is 1. The molecule has 410 valence electrons. The van der Waals surface area contributed by atoms with Gasteiger partial charge in [-0.1, -0.05) is 35.3 Å². The zero-order valence-corrected chi connectivity index (χ0v) is 39.0. The maximum absolute atomic E-state index is 14.7. The van der Waals surface area contributed by atoms with Crippen molar-refractivity contribution in [2.75, 3.05) is 7.11 Å². The molecule has 4 aromatic heterocycles. The van der Waals surface area contributed by atoms with Crippen LogP contribution in [0.2, 0.25) is 10.0 Å². The van der Waals surface area contributed by atoms with Crippen LogP contribution in [-0.2, 0) is 42.5 Å². The van der Waals surface area contributed by atoms with Crippen molar-refractivity contribution in [3.8, 4) is 40.0 Å². The first-order valence-electron chi connectivity index (χ1n) is 20.3. The third kappa shape index (κ3) is 10.4. The van der Waals surface area contributed by atoms with Gasteiger partial charge in [0.15, 0.2) is 0 Å². The Morgan fingerprint density at radius 3 is 1.26 bits per heavy atom. The van der Waals surface area contributed by atoms with Gasteiger partial charge in [0, 0.05) is 37.6 Å². The second-order valence-electron chi connectivity index (χ2n) is 16.3. The summed E-state index contributed by atoms with van der Waals surface area (Å²) >= 11 is 12.0. The second-order valence-corrected chi connectivity index (χ2v) is 17.1. The molecule has 7 rings (SSSR count). The lowest BCUT2D eigenvalue weighted by atomic mass is 10.00. The first-order chi connectivity index (χ1) is 34.6. The van der Waals surface area contributed by atoms with E-state index in [0.29, 0.717) is 36.3 Å². The molecule has 11 nitrogen and oxygen atoms in total. The van der Waals surface area contributed by atoms with Crippen molar-refractivity contribution in [1.29, 1.82) is 5.26 Å². The fourth-order valence-electron chi connectivity index (χ4n) is 7.42. The summed E-state index contributed by atoms with van der Waals surface area (Å²) in [4.78, 5) is 24.5. The van der Waals surface area contributed by atoms with E-state index < -0.39 is 112 Å². The minimum Gasteiger partial charge on any atom is -0.465 e. The van der Waals surface area contributed by atoms with Crippen LogP contribution in [0.4, 0.5) is 87.8 Å². The largest absolute Gasteiger partial charge is 0.465 e. The highest BCUT2D eigenvalue weighted by Gasteiger charge is 2.76. The molecule has 0 saturated heterocycles. The Hall–Kier alpha value is -6.97. The second kappa shape index (κ2) is 19.2. The predicted octanol–water partition coefficient (Wildman–Crippen LogP) is 13.3. The molecule has 33 heteroatoms. The number of methoxy groups -OCH3 is 1. The zero-order chi connectivity index (χ0) is 57.5. The summed E-state index contributed by atoms with van der Waals surface area (Å²) < 4.78 is 276. The standard InChI is InChI=1S/C23H14ClF10N5O.C20H12ClF10N3O2/c1-38-16(20(25,22(29,30)31)23(32,33)34)7-14(21(26,27)28)18(38)39-9-12(8-36-39)11-2-3-15(24)13(6-11)17(40)37-19(10-35)4-5-19;1-33-14(17(22,19(26,27)28)20(29,30)31)6-12(18(23,24)25)15(33)34-8-10(7-32-34)9-3-4-13(21)11(5-9)16(35)36-2/h2-3,6-9H,4-5H2,1H3,(H,37,40);3-8H,1-2H3. The summed E-state index contributed by atoms with van der Waals surface area (Å²) in [5.74, 6) is -4.25. The van der Waals surface area contributed by atoms with Crippen LogP contribution in [0.3, 0.4) is 0 Å². The maximum Gasteiger partial charge on any atom is 0.437 e. The molecule has 2 aromatic carbocycles. The Morgan fingerprint density at radius 2 is 0.947 bits per heavy atom. The van der Waals surface area contributed by atoms with E-state index in [0.717, 1.165) is 31.9 Å². The summed E-state index contributed by atoms with van der Waals surface area (Å²) in [6.45, 7) is 0. The minimum absolute atomic E-state index is 0.00847. The SMILES string of the molecule is COC(=O)c1cc(-c2cnn(-c3c(C(F)(F)F)cc(C(F)(C(F)(F)F)C(F)(F)F)n3C)c2)ccc1Cl.Cn1c(C(F)(C(F)(F)F)C(F)(F)F)cc(C(F)(F)F)c1-n1cc(-c2ccc(Cl)c(C(=O)NC3(C#N)CC3)c2)cn1. The van der Waals surface area contributed by atoms with Crippen LogP contribution in [-0.4, -0.2) is 77.9 Å². The monoisotopic (exact) mass is 1150 g/mol. The summed E-state index contributed by atoms with van der Waals surface area (Å²) in [7, 11) is 1.87. The topological polar surface area (TPSA) is 125 Å². The Labute approximate surface area is 420 Å². The number of aromatic nitrogens is 6. The van der Waals surface area contributed by atoms with E-state index in [9.17, 15) is 97.4 Å². The number of hydrogen-bond acceptors (Lipinski definition) is 6. The van der Waals surface area contributed by atoms with Gasteiger partial charge in [0.2, 0.25) is 0 Å². The number of carbonyl (C=O) groups excluding carboxylic acids is 2. The van der Waals surface area contributed by atoms with Crippen LogP contribution < -0.4 is 5.32 Å². The van der Waals surface area contributed by atoms with Gasteiger partial charge < -0.3 is 19.2 Å². The molecule has 1 amide bonds.